The van der Waals surface area contributed by atoms with Gasteiger partial charge in [0.05, 0.1) is 12.5 Å². The molecular weight excluding hydrogens is 321 g/mol. The second-order valence-electron chi connectivity index (χ2n) is 5.67. The summed E-state index contributed by atoms with van der Waals surface area (Å²) < 4.78 is 12.8. The van der Waals surface area contributed by atoms with Crippen LogP contribution in [0.15, 0.2) is 59.7 Å². The van der Waals surface area contributed by atoms with Gasteiger partial charge in [-0.1, -0.05) is 30.3 Å². The summed E-state index contributed by atoms with van der Waals surface area (Å²) in [5.41, 5.74) is 4.12. The number of hydrazone groups is 1. The van der Waals surface area contributed by atoms with Crippen LogP contribution in [-0.2, 0) is 4.79 Å². The third kappa shape index (κ3) is 5.84. The number of nitrogens with zero attached hydrogens (tertiary/aromatic N) is 1. The van der Waals surface area contributed by atoms with Crippen molar-refractivity contribution in [2.24, 2.45) is 5.10 Å². The zero-order chi connectivity index (χ0) is 18.2. The summed E-state index contributed by atoms with van der Waals surface area (Å²) >= 11 is 0. The maximum absolute atomic E-state index is 12.8. The summed E-state index contributed by atoms with van der Waals surface area (Å²) in [4.78, 5) is 23.9. The minimum atomic E-state index is -0.461. The van der Waals surface area contributed by atoms with Crippen LogP contribution in [0.2, 0.25) is 0 Å². The van der Waals surface area contributed by atoms with Crippen LogP contribution >= 0.6 is 0 Å². The second kappa shape index (κ2) is 8.73. The highest BCUT2D eigenvalue weighted by atomic mass is 19.1. The maximum atomic E-state index is 12.8. The summed E-state index contributed by atoms with van der Waals surface area (Å²) in [6.45, 7) is 3.55. The van der Waals surface area contributed by atoms with Crippen LogP contribution in [0.3, 0.4) is 0 Å². The van der Waals surface area contributed by atoms with Crippen LogP contribution in [0.4, 0.5) is 4.39 Å². The third-order valence-electron chi connectivity index (χ3n) is 3.55. The summed E-state index contributed by atoms with van der Waals surface area (Å²) in [6, 6.07) is 14.6. The van der Waals surface area contributed by atoms with Gasteiger partial charge in [-0.2, -0.15) is 5.10 Å². The standard InChI is InChI=1S/C19H20FN3O2/c1-13(22-23-19(25)16-8-10-17(20)11-9-16)12-18(24)21-14(2)15-6-4-3-5-7-15/h3-11,14H,12H2,1-2H3,(H,21,24)(H,23,25)/b22-13+. The molecule has 0 aliphatic carbocycles. The van der Waals surface area contributed by atoms with Crippen molar-refractivity contribution in [1.82, 2.24) is 10.7 Å². The van der Waals surface area contributed by atoms with Crippen LogP contribution in [0.25, 0.3) is 0 Å². The normalized spacial score (nSPS) is 12.4. The van der Waals surface area contributed by atoms with E-state index in [0.29, 0.717) is 11.3 Å². The van der Waals surface area contributed by atoms with Crippen molar-refractivity contribution in [2.75, 3.05) is 0 Å². The molecule has 0 heterocycles. The number of amides is 2. The molecule has 5 nitrogen and oxygen atoms in total. The highest BCUT2D eigenvalue weighted by Gasteiger charge is 2.11. The van der Waals surface area contributed by atoms with Crippen molar-refractivity contribution in [2.45, 2.75) is 26.3 Å². The lowest BCUT2D eigenvalue weighted by molar-refractivity contribution is -0.120. The molecule has 2 rings (SSSR count). The van der Waals surface area contributed by atoms with E-state index >= 15 is 0 Å². The fraction of sp³-hybridized carbons (Fsp3) is 0.211. The molecular formula is C19H20FN3O2. The Morgan fingerprint density at radius 2 is 1.72 bits per heavy atom. The molecule has 0 aliphatic rings. The van der Waals surface area contributed by atoms with Gasteiger partial charge < -0.3 is 5.32 Å². The molecule has 0 bridgehead atoms. The minimum Gasteiger partial charge on any atom is -0.349 e. The number of hydrogen-bond acceptors (Lipinski definition) is 3. The van der Waals surface area contributed by atoms with Crippen molar-refractivity contribution in [3.8, 4) is 0 Å². The first-order chi connectivity index (χ1) is 12.0. The zero-order valence-electron chi connectivity index (χ0n) is 14.1. The lowest BCUT2D eigenvalue weighted by Crippen LogP contribution is -2.28. The highest BCUT2D eigenvalue weighted by molar-refractivity contribution is 6.01. The molecule has 130 valence electrons. The van der Waals surface area contributed by atoms with Crippen LogP contribution < -0.4 is 10.7 Å². The van der Waals surface area contributed by atoms with Crippen LogP contribution in [-0.4, -0.2) is 17.5 Å². The lowest BCUT2D eigenvalue weighted by atomic mass is 10.1. The summed E-state index contributed by atoms with van der Waals surface area (Å²) in [5, 5.41) is 6.78. The molecule has 0 saturated heterocycles. The Balaban J connectivity index is 1.84. The smallest absolute Gasteiger partial charge is 0.271 e. The molecule has 2 N–H and O–H groups in total. The molecule has 1 unspecified atom stereocenters. The van der Waals surface area contributed by atoms with Gasteiger partial charge >= 0.3 is 0 Å². The van der Waals surface area contributed by atoms with Crippen molar-refractivity contribution >= 4 is 17.5 Å². The van der Waals surface area contributed by atoms with E-state index in [2.05, 4.69) is 15.8 Å². The third-order valence-corrected chi connectivity index (χ3v) is 3.55. The predicted octanol–water partition coefficient (Wildman–Crippen LogP) is 3.20. The van der Waals surface area contributed by atoms with Gasteiger partial charge in [0.15, 0.2) is 0 Å². The molecule has 0 radical (unpaired) electrons. The van der Waals surface area contributed by atoms with Crippen LogP contribution in [0.5, 0.6) is 0 Å². The number of rotatable bonds is 6. The average Bonchev–Trinajstić information content (AvgIpc) is 2.61. The van der Waals surface area contributed by atoms with Gasteiger partial charge in [0, 0.05) is 11.3 Å². The fourth-order valence-corrected chi connectivity index (χ4v) is 2.20. The Hall–Kier alpha value is -3.02. The lowest BCUT2D eigenvalue weighted by Gasteiger charge is -2.14. The van der Waals surface area contributed by atoms with Gasteiger partial charge in [0.25, 0.3) is 5.91 Å². The Bertz CT molecular complexity index is 758. The first-order valence-electron chi connectivity index (χ1n) is 7.89. The summed E-state index contributed by atoms with van der Waals surface area (Å²) in [7, 11) is 0. The van der Waals surface area contributed by atoms with Crippen LogP contribution in [0, 0.1) is 5.82 Å². The number of benzene rings is 2. The molecule has 0 aromatic heterocycles. The van der Waals surface area contributed by atoms with E-state index in [4.69, 9.17) is 0 Å². The van der Waals surface area contributed by atoms with Crippen molar-refractivity contribution in [1.29, 1.82) is 0 Å². The second-order valence-corrected chi connectivity index (χ2v) is 5.67. The van der Waals surface area contributed by atoms with Gasteiger partial charge in [-0.3, -0.25) is 9.59 Å². The van der Waals surface area contributed by atoms with Gasteiger partial charge in [-0.25, -0.2) is 9.82 Å². The Labute approximate surface area is 145 Å². The first-order valence-corrected chi connectivity index (χ1v) is 7.89. The monoisotopic (exact) mass is 341 g/mol. The molecule has 0 fully saturated rings. The van der Waals surface area contributed by atoms with Crippen molar-refractivity contribution in [3.63, 3.8) is 0 Å². The highest BCUT2D eigenvalue weighted by Crippen LogP contribution is 2.11. The summed E-state index contributed by atoms with van der Waals surface area (Å²) in [6.07, 6.45) is 0.0703. The molecule has 25 heavy (non-hydrogen) atoms. The maximum Gasteiger partial charge on any atom is 0.271 e. The molecule has 0 spiro atoms. The predicted molar refractivity (Wildman–Crippen MR) is 94.6 cm³/mol. The molecule has 2 aromatic rings. The van der Waals surface area contributed by atoms with Crippen LogP contribution in [0.1, 0.15) is 42.2 Å². The Morgan fingerprint density at radius 3 is 2.36 bits per heavy atom. The molecule has 6 heteroatoms. The SMILES string of the molecule is C/C(CC(=O)NC(C)c1ccccc1)=N\NC(=O)c1ccc(F)cc1. The van der Waals surface area contributed by atoms with Gasteiger partial charge in [0.2, 0.25) is 5.91 Å². The molecule has 0 aliphatic heterocycles. The van der Waals surface area contributed by atoms with E-state index in [-0.39, 0.29) is 18.4 Å². The number of hydrogen-bond donors (Lipinski definition) is 2. The van der Waals surface area contributed by atoms with E-state index in [1.54, 1.807) is 6.92 Å². The topological polar surface area (TPSA) is 70.6 Å². The molecule has 1 atom stereocenters. The summed E-state index contributed by atoms with van der Waals surface area (Å²) in [5.74, 6) is -1.06. The van der Waals surface area contributed by atoms with E-state index in [9.17, 15) is 14.0 Å². The number of carbonyl (C=O) groups is 2. The van der Waals surface area contributed by atoms with E-state index in [0.717, 1.165) is 5.56 Å². The zero-order valence-corrected chi connectivity index (χ0v) is 14.1. The number of halogens is 1. The number of carbonyl (C=O) groups excluding carboxylic acids is 2. The average molecular weight is 341 g/mol. The van der Waals surface area contributed by atoms with Gasteiger partial charge in [-0.05, 0) is 43.7 Å². The quantitative estimate of drug-likeness (QED) is 0.626. The van der Waals surface area contributed by atoms with Crippen molar-refractivity contribution < 1.29 is 14.0 Å². The fourth-order valence-electron chi connectivity index (χ4n) is 2.20. The van der Waals surface area contributed by atoms with E-state index in [1.807, 2.05) is 37.3 Å². The van der Waals surface area contributed by atoms with E-state index in [1.165, 1.54) is 24.3 Å². The largest absolute Gasteiger partial charge is 0.349 e. The molecule has 2 aromatic carbocycles. The molecule has 2 amide bonds. The minimum absolute atomic E-state index is 0.0703. The van der Waals surface area contributed by atoms with E-state index < -0.39 is 11.7 Å². The number of nitrogens with one attached hydrogen (secondary N) is 2. The van der Waals surface area contributed by atoms with Crippen molar-refractivity contribution in [3.05, 3.63) is 71.5 Å². The van der Waals surface area contributed by atoms with Gasteiger partial charge in [0.1, 0.15) is 5.82 Å². The Morgan fingerprint density at radius 1 is 1.08 bits per heavy atom. The van der Waals surface area contributed by atoms with Gasteiger partial charge in [-0.15, -0.1) is 0 Å². The Kier molecular flexibility index (Phi) is 6.39. The molecule has 0 saturated carbocycles. The first kappa shape index (κ1) is 18.3.